The summed E-state index contributed by atoms with van der Waals surface area (Å²) >= 11 is 0. The molecule has 0 radical (unpaired) electrons. The van der Waals surface area contributed by atoms with E-state index in [-0.39, 0.29) is 17.5 Å². The predicted octanol–water partition coefficient (Wildman–Crippen LogP) is 6.83. The third-order valence-corrected chi connectivity index (χ3v) is 5.89. The first-order valence-corrected chi connectivity index (χ1v) is 10.4. The van der Waals surface area contributed by atoms with Gasteiger partial charge in [0.25, 0.3) is 0 Å². The lowest BCUT2D eigenvalue weighted by atomic mass is 9.87. The van der Waals surface area contributed by atoms with Crippen LogP contribution in [0, 0.1) is 5.82 Å². The Kier molecular flexibility index (Phi) is 4.87. The minimum absolute atomic E-state index is 0.0737. The van der Waals surface area contributed by atoms with E-state index >= 15 is 0 Å². The van der Waals surface area contributed by atoms with Crippen LogP contribution in [0.3, 0.4) is 0 Å². The van der Waals surface area contributed by atoms with E-state index in [4.69, 9.17) is 0 Å². The van der Waals surface area contributed by atoms with Gasteiger partial charge in [0.1, 0.15) is 11.6 Å². The van der Waals surface area contributed by atoms with Crippen LogP contribution in [0.5, 0.6) is 0 Å². The molecule has 0 aliphatic heterocycles. The molecule has 1 aromatic heterocycles. The highest BCUT2D eigenvalue weighted by Gasteiger charge is 2.28. The molecule has 152 valence electrons. The van der Waals surface area contributed by atoms with Crippen molar-refractivity contribution in [2.75, 3.05) is 0 Å². The standard InChI is InChI=1S/C28H22FNO/c1-18(31)15-25-23-10-6-5-9-21(23)16-24(19-7-3-2-4-8-19)26-17-27(30-28(25)26)20-11-13-22(29)14-12-20/h2-14,16-17,25,30H,15H2,1H3/t25-/m1/s1. The van der Waals surface area contributed by atoms with Gasteiger partial charge in [-0.25, -0.2) is 4.39 Å². The number of benzene rings is 3. The second-order valence-electron chi connectivity index (χ2n) is 8.03. The Morgan fingerprint density at radius 3 is 2.35 bits per heavy atom. The van der Waals surface area contributed by atoms with E-state index in [0.29, 0.717) is 6.42 Å². The molecule has 31 heavy (non-hydrogen) atoms. The Hall–Kier alpha value is -3.72. The molecule has 0 unspecified atom stereocenters. The number of fused-ring (bicyclic) bond motifs is 2. The Morgan fingerprint density at radius 1 is 0.903 bits per heavy atom. The van der Waals surface area contributed by atoms with E-state index in [0.717, 1.165) is 44.8 Å². The maximum Gasteiger partial charge on any atom is 0.130 e. The number of Topliss-reactive ketones (excluding diaryl/α,β-unsaturated/α-hetero) is 1. The molecule has 1 N–H and O–H groups in total. The van der Waals surface area contributed by atoms with Crippen LogP contribution in [0.1, 0.15) is 47.2 Å². The van der Waals surface area contributed by atoms with Crippen molar-refractivity contribution in [3.8, 4) is 11.3 Å². The zero-order valence-corrected chi connectivity index (χ0v) is 17.2. The number of H-pyrrole nitrogens is 1. The second-order valence-corrected chi connectivity index (χ2v) is 8.03. The fourth-order valence-electron chi connectivity index (χ4n) is 4.46. The minimum atomic E-state index is -0.259. The van der Waals surface area contributed by atoms with E-state index in [1.54, 1.807) is 19.1 Å². The van der Waals surface area contributed by atoms with Gasteiger partial charge < -0.3 is 4.98 Å². The summed E-state index contributed by atoms with van der Waals surface area (Å²) in [5.41, 5.74) is 8.42. The number of hydrogen-bond donors (Lipinski definition) is 1. The summed E-state index contributed by atoms with van der Waals surface area (Å²) in [5.74, 6) is -0.188. The average molecular weight is 407 g/mol. The van der Waals surface area contributed by atoms with Crippen molar-refractivity contribution < 1.29 is 9.18 Å². The van der Waals surface area contributed by atoms with Crippen LogP contribution in [0.25, 0.3) is 22.9 Å². The zero-order valence-electron chi connectivity index (χ0n) is 17.2. The molecular weight excluding hydrogens is 385 g/mol. The molecule has 0 saturated heterocycles. The second kappa shape index (κ2) is 7.84. The summed E-state index contributed by atoms with van der Waals surface area (Å²) in [7, 11) is 0. The van der Waals surface area contributed by atoms with Crippen LogP contribution in [0.4, 0.5) is 4.39 Å². The lowest BCUT2D eigenvalue weighted by Gasteiger charge is -2.17. The Labute approximate surface area is 181 Å². The van der Waals surface area contributed by atoms with Crippen molar-refractivity contribution in [3.05, 3.63) is 119 Å². The topological polar surface area (TPSA) is 32.9 Å². The molecule has 3 aromatic carbocycles. The summed E-state index contributed by atoms with van der Waals surface area (Å²) in [6.07, 6.45) is 2.63. The van der Waals surface area contributed by atoms with E-state index in [9.17, 15) is 9.18 Å². The maximum atomic E-state index is 13.5. The molecule has 3 heteroatoms. The monoisotopic (exact) mass is 407 g/mol. The third-order valence-electron chi connectivity index (χ3n) is 5.89. The largest absolute Gasteiger partial charge is 0.357 e. The van der Waals surface area contributed by atoms with E-state index in [2.05, 4.69) is 41.4 Å². The Bertz CT molecular complexity index is 1280. The Balaban J connectivity index is 1.77. The lowest BCUT2D eigenvalue weighted by Crippen LogP contribution is -2.08. The van der Waals surface area contributed by atoms with Gasteiger partial charge in [-0.1, -0.05) is 54.6 Å². The van der Waals surface area contributed by atoms with Crippen molar-refractivity contribution in [2.24, 2.45) is 0 Å². The van der Waals surface area contributed by atoms with E-state index < -0.39 is 0 Å². The fraction of sp³-hybridized carbons (Fsp3) is 0.107. The number of aromatic amines is 1. The molecule has 1 atom stereocenters. The number of carbonyl (C=O) groups excluding carboxylic acids is 1. The molecule has 1 heterocycles. The number of rotatable bonds is 4. The number of halogens is 1. The lowest BCUT2D eigenvalue weighted by molar-refractivity contribution is -0.117. The summed E-state index contributed by atoms with van der Waals surface area (Å²) in [6, 6.07) is 27.2. The summed E-state index contributed by atoms with van der Waals surface area (Å²) in [4.78, 5) is 15.8. The molecule has 0 spiro atoms. The first-order valence-electron chi connectivity index (χ1n) is 10.4. The quantitative estimate of drug-likeness (QED) is 0.395. The van der Waals surface area contributed by atoms with Gasteiger partial charge in [0, 0.05) is 29.3 Å². The molecule has 2 nitrogen and oxygen atoms in total. The van der Waals surface area contributed by atoms with Crippen LogP contribution in [-0.4, -0.2) is 10.8 Å². The number of aromatic nitrogens is 1. The van der Waals surface area contributed by atoms with Gasteiger partial charge in [-0.3, -0.25) is 4.79 Å². The summed E-state index contributed by atoms with van der Waals surface area (Å²) in [5, 5.41) is 0. The van der Waals surface area contributed by atoms with Crippen molar-refractivity contribution >= 4 is 17.4 Å². The van der Waals surface area contributed by atoms with Gasteiger partial charge in [-0.15, -0.1) is 0 Å². The highest BCUT2D eigenvalue weighted by molar-refractivity contribution is 5.96. The van der Waals surface area contributed by atoms with Gasteiger partial charge in [0.2, 0.25) is 0 Å². The van der Waals surface area contributed by atoms with Gasteiger partial charge >= 0.3 is 0 Å². The Morgan fingerprint density at radius 2 is 1.61 bits per heavy atom. The molecule has 1 aliphatic rings. The number of ketones is 1. The van der Waals surface area contributed by atoms with E-state index in [1.165, 1.54) is 12.1 Å². The van der Waals surface area contributed by atoms with Crippen LogP contribution < -0.4 is 0 Å². The molecule has 0 amide bonds. The first-order chi connectivity index (χ1) is 15.1. The van der Waals surface area contributed by atoms with Gasteiger partial charge in [0.15, 0.2) is 0 Å². The zero-order chi connectivity index (χ0) is 21.4. The van der Waals surface area contributed by atoms with E-state index in [1.807, 2.05) is 30.3 Å². The molecule has 5 rings (SSSR count). The number of nitrogens with one attached hydrogen (secondary N) is 1. The molecule has 0 saturated carbocycles. The van der Waals surface area contributed by atoms with Crippen LogP contribution in [0.15, 0.2) is 84.9 Å². The predicted molar refractivity (Wildman–Crippen MR) is 123 cm³/mol. The first kappa shape index (κ1) is 19.3. The highest BCUT2D eigenvalue weighted by atomic mass is 19.1. The molecular formula is C28H22FNO. The van der Waals surface area contributed by atoms with Gasteiger partial charge in [-0.2, -0.15) is 0 Å². The highest BCUT2D eigenvalue weighted by Crippen LogP contribution is 2.43. The summed E-state index contributed by atoms with van der Waals surface area (Å²) < 4.78 is 13.5. The summed E-state index contributed by atoms with van der Waals surface area (Å²) in [6.45, 7) is 1.64. The fourth-order valence-corrected chi connectivity index (χ4v) is 4.46. The normalized spacial score (nSPS) is 14.9. The molecule has 1 aliphatic carbocycles. The number of carbonyl (C=O) groups is 1. The van der Waals surface area contributed by atoms with Gasteiger partial charge in [0.05, 0.1) is 0 Å². The average Bonchev–Trinajstić information content (AvgIpc) is 3.17. The third kappa shape index (κ3) is 3.64. The molecule has 4 aromatic rings. The minimum Gasteiger partial charge on any atom is -0.357 e. The van der Waals surface area contributed by atoms with Crippen molar-refractivity contribution in [3.63, 3.8) is 0 Å². The molecule has 0 fully saturated rings. The van der Waals surface area contributed by atoms with Crippen LogP contribution in [-0.2, 0) is 4.79 Å². The smallest absolute Gasteiger partial charge is 0.130 e. The SMILES string of the molecule is CC(=O)C[C@@H]1c2ccccc2C=C(c2ccccc2)c2cc(-c3ccc(F)cc3)[nH]c21. The van der Waals surface area contributed by atoms with Crippen molar-refractivity contribution in [2.45, 2.75) is 19.3 Å². The van der Waals surface area contributed by atoms with Crippen molar-refractivity contribution in [1.29, 1.82) is 0 Å². The number of hydrogen-bond acceptors (Lipinski definition) is 1. The van der Waals surface area contributed by atoms with Crippen LogP contribution >= 0.6 is 0 Å². The molecule has 0 bridgehead atoms. The van der Waals surface area contributed by atoms with Gasteiger partial charge in [-0.05, 0) is 71.2 Å². The maximum absolute atomic E-state index is 13.5. The van der Waals surface area contributed by atoms with Crippen LogP contribution in [0.2, 0.25) is 0 Å². The van der Waals surface area contributed by atoms with Crippen molar-refractivity contribution in [1.82, 2.24) is 4.98 Å².